The third kappa shape index (κ3) is 5.49. The highest BCUT2D eigenvalue weighted by Crippen LogP contribution is 2.30. The average Bonchev–Trinajstić information content (AvgIpc) is 3.44. The number of aromatic nitrogens is 4. The lowest BCUT2D eigenvalue weighted by molar-refractivity contribution is -0.123. The Hall–Kier alpha value is -3.87. The number of carbonyl (C=O) groups excluding carboxylic acids is 1. The minimum atomic E-state index is -4.56. The topological polar surface area (TPSA) is 116 Å². The third-order valence-electron chi connectivity index (χ3n) is 4.47. The van der Waals surface area contributed by atoms with Crippen LogP contribution in [0, 0.1) is 0 Å². The summed E-state index contributed by atoms with van der Waals surface area (Å²) in [4.78, 5) is 20.4. The molecule has 0 radical (unpaired) electrons. The maximum Gasteiger partial charge on any atom is 0.405 e. The van der Waals surface area contributed by atoms with Crippen LogP contribution in [-0.2, 0) is 4.74 Å². The van der Waals surface area contributed by atoms with Crippen LogP contribution in [0.25, 0.3) is 28.7 Å². The highest BCUT2D eigenvalue weighted by molar-refractivity contribution is 5.90. The quantitative estimate of drug-likeness (QED) is 0.489. The van der Waals surface area contributed by atoms with Crippen LogP contribution in [-0.4, -0.2) is 65.3 Å². The van der Waals surface area contributed by atoms with Crippen LogP contribution >= 0.6 is 0 Å². The molecule has 2 N–H and O–H groups in total. The second-order valence-corrected chi connectivity index (χ2v) is 6.93. The number of amides is 1. The summed E-state index contributed by atoms with van der Waals surface area (Å²) in [6.45, 7) is -0.209. The van der Waals surface area contributed by atoms with E-state index in [1.165, 1.54) is 0 Å². The normalized spacial score (nSPS) is 12.8. The summed E-state index contributed by atoms with van der Waals surface area (Å²) < 4.78 is 54.4. The Morgan fingerprint density at radius 1 is 1.24 bits per heavy atom. The van der Waals surface area contributed by atoms with Crippen LogP contribution in [0.15, 0.2) is 35.0 Å². The fourth-order valence-electron chi connectivity index (χ4n) is 2.98. The number of imidazole rings is 1. The Bertz CT molecular complexity index is 1170. The van der Waals surface area contributed by atoms with Crippen molar-refractivity contribution in [2.24, 2.45) is 0 Å². The van der Waals surface area contributed by atoms with Gasteiger partial charge in [-0.05, 0) is 24.3 Å². The van der Waals surface area contributed by atoms with Gasteiger partial charge in [0.1, 0.15) is 18.9 Å². The molecule has 1 amide bonds. The van der Waals surface area contributed by atoms with E-state index < -0.39 is 24.5 Å². The molecule has 1 aliphatic heterocycles. The summed E-state index contributed by atoms with van der Waals surface area (Å²) in [6.07, 6.45) is 1.07. The molecule has 4 rings (SSSR count). The maximum absolute atomic E-state index is 12.3. The zero-order valence-electron chi connectivity index (χ0n) is 17.3. The number of hydrogen-bond donors (Lipinski definition) is 2. The molecule has 1 aromatic carbocycles. The van der Waals surface area contributed by atoms with Crippen LogP contribution in [0.5, 0.6) is 5.75 Å². The van der Waals surface area contributed by atoms with Gasteiger partial charge in [0.2, 0.25) is 5.82 Å². The molecule has 0 saturated heterocycles. The van der Waals surface area contributed by atoms with Crippen molar-refractivity contribution in [3.8, 4) is 28.4 Å². The molecule has 0 fully saturated rings. The third-order valence-corrected chi connectivity index (χ3v) is 4.47. The minimum Gasteiger partial charge on any atom is -0.491 e. The van der Waals surface area contributed by atoms with Crippen LogP contribution in [0.4, 0.5) is 13.2 Å². The zero-order valence-corrected chi connectivity index (χ0v) is 17.3. The molecular weight excluding hydrogens is 445 g/mol. The molecule has 3 heterocycles. The summed E-state index contributed by atoms with van der Waals surface area (Å²) in [7, 11) is 1.55. The molecule has 2 aromatic heterocycles. The van der Waals surface area contributed by atoms with E-state index in [2.05, 4.69) is 20.6 Å². The van der Waals surface area contributed by atoms with Crippen LogP contribution < -0.4 is 15.5 Å². The van der Waals surface area contributed by atoms with Crippen molar-refractivity contribution in [1.29, 1.82) is 0 Å². The van der Waals surface area contributed by atoms with Crippen molar-refractivity contribution in [2.75, 3.05) is 38.8 Å². The lowest BCUT2D eigenvalue weighted by Gasteiger charge is -2.10. The fourth-order valence-corrected chi connectivity index (χ4v) is 2.98. The number of benzene rings is 1. The van der Waals surface area contributed by atoms with Gasteiger partial charge in [-0.15, -0.1) is 0 Å². The summed E-state index contributed by atoms with van der Waals surface area (Å²) in [5.74, 6) is -0.534. The molecule has 0 saturated carbocycles. The molecule has 0 atom stereocenters. The SMILES string of the molecule is COCCOc1cc(-c2cn3c(n2)C=CCN3)cc(-c2noc(C(=O)NCC(F)(F)F)n2)c1. The van der Waals surface area contributed by atoms with Crippen LogP contribution in [0.2, 0.25) is 0 Å². The number of nitrogens with one attached hydrogen (secondary N) is 2. The molecule has 10 nitrogen and oxygen atoms in total. The lowest BCUT2D eigenvalue weighted by Crippen LogP contribution is -2.33. The minimum absolute atomic E-state index is 0.00703. The summed E-state index contributed by atoms with van der Waals surface area (Å²) in [5.41, 5.74) is 4.88. The molecule has 0 spiro atoms. The molecule has 174 valence electrons. The predicted octanol–water partition coefficient (Wildman–Crippen LogP) is 2.49. The van der Waals surface area contributed by atoms with Gasteiger partial charge in [-0.1, -0.05) is 11.2 Å². The van der Waals surface area contributed by atoms with Crippen LogP contribution in [0.1, 0.15) is 16.5 Å². The Balaban J connectivity index is 1.63. The molecule has 1 aliphatic rings. The van der Waals surface area contributed by atoms with E-state index >= 15 is 0 Å². The molecule has 13 heteroatoms. The van der Waals surface area contributed by atoms with Gasteiger partial charge in [0.15, 0.2) is 5.82 Å². The molecule has 0 aliphatic carbocycles. The number of methoxy groups -OCH3 is 1. The number of alkyl halides is 3. The molecule has 0 unspecified atom stereocenters. The van der Waals surface area contributed by atoms with Crippen LogP contribution in [0.3, 0.4) is 0 Å². The number of ether oxygens (including phenoxy) is 2. The second-order valence-electron chi connectivity index (χ2n) is 6.93. The van der Waals surface area contributed by atoms with E-state index in [-0.39, 0.29) is 12.4 Å². The predicted molar refractivity (Wildman–Crippen MR) is 110 cm³/mol. The van der Waals surface area contributed by atoms with Gasteiger partial charge in [-0.3, -0.25) is 4.79 Å². The number of fused-ring (bicyclic) bond motifs is 1. The first-order valence-corrected chi connectivity index (χ1v) is 9.78. The molecule has 33 heavy (non-hydrogen) atoms. The first-order chi connectivity index (χ1) is 15.8. The number of nitrogens with zero attached hydrogens (tertiary/aromatic N) is 4. The van der Waals surface area contributed by atoms with Gasteiger partial charge in [0, 0.05) is 24.8 Å². The van der Waals surface area contributed by atoms with Crippen molar-refractivity contribution in [3.63, 3.8) is 0 Å². The molecular formula is C20H19F3N6O4. The van der Waals surface area contributed by atoms with Crippen molar-refractivity contribution in [3.05, 3.63) is 42.2 Å². The zero-order chi connectivity index (χ0) is 23.4. The fraction of sp³-hybridized carbons (Fsp3) is 0.300. The van der Waals surface area contributed by atoms with Crippen molar-refractivity contribution in [1.82, 2.24) is 25.1 Å². The van der Waals surface area contributed by atoms with Crippen molar-refractivity contribution >= 4 is 12.0 Å². The van der Waals surface area contributed by atoms with Crippen molar-refractivity contribution in [2.45, 2.75) is 6.18 Å². The average molecular weight is 464 g/mol. The summed E-state index contributed by atoms with van der Waals surface area (Å²) >= 11 is 0. The first-order valence-electron chi connectivity index (χ1n) is 9.78. The standard InChI is InChI=1S/C20H19F3N6O4/c1-31-5-6-32-14-8-12(15-10-29-16(26-15)3-2-4-25-29)7-13(9-14)17-27-19(33-28-17)18(30)24-11-20(21,22)23/h2-3,7-10,25H,4-6,11H2,1H3,(H,24,30). The molecule has 3 aromatic rings. The Morgan fingerprint density at radius 3 is 2.82 bits per heavy atom. The first kappa shape index (κ1) is 22.3. The summed E-state index contributed by atoms with van der Waals surface area (Å²) in [6, 6.07) is 5.10. The van der Waals surface area contributed by atoms with E-state index in [9.17, 15) is 18.0 Å². The van der Waals surface area contributed by atoms with Gasteiger partial charge in [-0.25, -0.2) is 9.66 Å². The van der Waals surface area contributed by atoms with E-state index in [1.54, 1.807) is 35.3 Å². The van der Waals surface area contributed by atoms with Gasteiger partial charge >= 0.3 is 18.0 Å². The van der Waals surface area contributed by atoms with E-state index in [0.29, 0.717) is 41.5 Å². The number of halogens is 3. The Morgan fingerprint density at radius 2 is 2.06 bits per heavy atom. The number of carbonyl (C=O) groups is 1. The van der Waals surface area contributed by atoms with Crippen molar-refractivity contribution < 1.29 is 32.0 Å². The van der Waals surface area contributed by atoms with Gasteiger partial charge < -0.3 is 24.7 Å². The smallest absolute Gasteiger partial charge is 0.405 e. The second kappa shape index (κ2) is 9.32. The summed E-state index contributed by atoms with van der Waals surface area (Å²) in [5, 5.41) is 5.42. The Kier molecular flexibility index (Phi) is 6.31. The Labute approximate surface area is 185 Å². The monoisotopic (exact) mass is 464 g/mol. The lowest BCUT2D eigenvalue weighted by atomic mass is 10.1. The number of rotatable bonds is 8. The van der Waals surface area contributed by atoms with Gasteiger partial charge in [0.05, 0.1) is 18.5 Å². The van der Waals surface area contributed by atoms with E-state index in [1.807, 2.05) is 18.3 Å². The largest absolute Gasteiger partial charge is 0.491 e. The highest BCUT2D eigenvalue weighted by Gasteiger charge is 2.29. The van der Waals surface area contributed by atoms with Gasteiger partial charge in [0.25, 0.3) is 0 Å². The van der Waals surface area contributed by atoms with Gasteiger partial charge in [-0.2, -0.15) is 18.2 Å². The van der Waals surface area contributed by atoms with E-state index in [0.717, 1.165) is 0 Å². The highest BCUT2D eigenvalue weighted by atomic mass is 19.4. The maximum atomic E-state index is 12.3. The molecule has 0 bridgehead atoms. The number of hydrogen-bond acceptors (Lipinski definition) is 8. The van der Waals surface area contributed by atoms with E-state index in [4.69, 9.17) is 14.0 Å².